The van der Waals surface area contributed by atoms with Crippen molar-refractivity contribution in [2.45, 2.75) is 19.4 Å². The minimum atomic E-state index is -0.927. The van der Waals surface area contributed by atoms with Crippen molar-refractivity contribution < 1.29 is 14.3 Å². The van der Waals surface area contributed by atoms with Gasteiger partial charge in [0, 0.05) is 16.3 Å². The predicted octanol–water partition coefficient (Wildman–Crippen LogP) is 5.46. The van der Waals surface area contributed by atoms with E-state index < -0.39 is 18.0 Å². The monoisotopic (exact) mass is 433 g/mol. The SMILES string of the molecule is CCC(OC(=O)c1ccc2nc(-c3ccccc3)[nH]c2c1)C(=O)Nc1cccc(Cl)c1. The topological polar surface area (TPSA) is 84.1 Å². The molecule has 1 heterocycles. The lowest BCUT2D eigenvalue weighted by molar-refractivity contribution is -0.124. The van der Waals surface area contributed by atoms with Crippen LogP contribution < -0.4 is 5.32 Å². The van der Waals surface area contributed by atoms with Gasteiger partial charge in [-0.1, -0.05) is 54.9 Å². The van der Waals surface area contributed by atoms with E-state index in [1.807, 2.05) is 30.3 Å². The summed E-state index contributed by atoms with van der Waals surface area (Å²) in [6.07, 6.45) is -0.591. The van der Waals surface area contributed by atoms with Gasteiger partial charge in [0.15, 0.2) is 6.10 Å². The van der Waals surface area contributed by atoms with Crippen LogP contribution in [0, 0.1) is 0 Å². The summed E-state index contributed by atoms with van der Waals surface area (Å²) in [5.41, 5.74) is 3.28. The summed E-state index contributed by atoms with van der Waals surface area (Å²) in [5, 5.41) is 3.23. The van der Waals surface area contributed by atoms with Gasteiger partial charge in [-0.05, 0) is 42.8 Å². The maximum Gasteiger partial charge on any atom is 0.338 e. The molecule has 4 rings (SSSR count). The molecule has 1 amide bonds. The Hall–Kier alpha value is -3.64. The van der Waals surface area contributed by atoms with Crippen molar-refractivity contribution in [2.75, 3.05) is 5.32 Å². The van der Waals surface area contributed by atoms with Gasteiger partial charge in [-0.15, -0.1) is 0 Å². The van der Waals surface area contributed by atoms with Crippen molar-refractivity contribution in [3.8, 4) is 11.4 Å². The average Bonchev–Trinajstić information content (AvgIpc) is 3.21. The van der Waals surface area contributed by atoms with Gasteiger partial charge in [-0.2, -0.15) is 0 Å². The minimum Gasteiger partial charge on any atom is -0.449 e. The van der Waals surface area contributed by atoms with Crippen molar-refractivity contribution in [2.24, 2.45) is 0 Å². The Balaban J connectivity index is 1.49. The third-order valence-electron chi connectivity index (χ3n) is 4.77. The van der Waals surface area contributed by atoms with Gasteiger partial charge in [-0.25, -0.2) is 9.78 Å². The van der Waals surface area contributed by atoms with E-state index in [1.54, 1.807) is 49.4 Å². The van der Waals surface area contributed by atoms with Crippen LogP contribution in [0.15, 0.2) is 72.8 Å². The molecule has 0 radical (unpaired) electrons. The number of nitrogens with one attached hydrogen (secondary N) is 2. The van der Waals surface area contributed by atoms with Crippen LogP contribution in [0.25, 0.3) is 22.4 Å². The number of imidazole rings is 1. The van der Waals surface area contributed by atoms with Crippen LogP contribution in [0.1, 0.15) is 23.7 Å². The first-order valence-electron chi connectivity index (χ1n) is 9.86. The summed E-state index contributed by atoms with van der Waals surface area (Å²) < 4.78 is 5.47. The number of hydrogen-bond donors (Lipinski definition) is 2. The highest BCUT2D eigenvalue weighted by Gasteiger charge is 2.22. The zero-order valence-electron chi connectivity index (χ0n) is 16.8. The maximum absolute atomic E-state index is 12.7. The quantitative estimate of drug-likeness (QED) is 0.395. The molecule has 1 aromatic heterocycles. The molecular formula is C24H20ClN3O3. The van der Waals surface area contributed by atoms with Gasteiger partial charge in [0.2, 0.25) is 0 Å². The number of nitrogens with zero attached hydrogens (tertiary/aromatic N) is 1. The molecule has 0 aliphatic rings. The van der Waals surface area contributed by atoms with Gasteiger partial charge < -0.3 is 15.0 Å². The minimum absolute atomic E-state index is 0.336. The first-order valence-corrected chi connectivity index (χ1v) is 10.2. The van der Waals surface area contributed by atoms with Crippen molar-refractivity contribution in [1.82, 2.24) is 9.97 Å². The second-order valence-corrected chi connectivity index (χ2v) is 7.42. The van der Waals surface area contributed by atoms with E-state index in [0.29, 0.717) is 34.0 Å². The molecule has 0 saturated carbocycles. The van der Waals surface area contributed by atoms with Crippen LogP contribution in [-0.2, 0) is 9.53 Å². The van der Waals surface area contributed by atoms with Crippen molar-refractivity contribution in [1.29, 1.82) is 0 Å². The van der Waals surface area contributed by atoms with Crippen molar-refractivity contribution in [3.63, 3.8) is 0 Å². The Morgan fingerprint density at radius 3 is 2.61 bits per heavy atom. The highest BCUT2D eigenvalue weighted by Crippen LogP contribution is 2.22. The number of halogens is 1. The van der Waals surface area contributed by atoms with Crippen LogP contribution in [-0.4, -0.2) is 27.9 Å². The summed E-state index contributed by atoms with van der Waals surface area (Å²) in [6.45, 7) is 1.78. The highest BCUT2D eigenvalue weighted by atomic mass is 35.5. The summed E-state index contributed by atoms with van der Waals surface area (Å²) in [4.78, 5) is 33.0. The maximum atomic E-state index is 12.7. The molecule has 7 heteroatoms. The Bertz CT molecular complexity index is 1240. The zero-order valence-corrected chi connectivity index (χ0v) is 17.5. The fraction of sp³-hybridized carbons (Fsp3) is 0.125. The first kappa shape index (κ1) is 20.6. The van der Waals surface area contributed by atoms with E-state index in [2.05, 4.69) is 15.3 Å². The third kappa shape index (κ3) is 4.75. The number of rotatable bonds is 6. The summed E-state index contributed by atoms with van der Waals surface area (Å²) >= 11 is 5.95. The molecule has 1 unspecified atom stereocenters. The number of amides is 1. The molecule has 0 aliphatic heterocycles. The fourth-order valence-corrected chi connectivity index (χ4v) is 3.37. The van der Waals surface area contributed by atoms with E-state index >= 15 is 0 Å². The Morgan fingerprint density at radius 2 is 1.87 bits per heavy atom. The van der Waals surface area contributed by atoms with Gasteiger partial charge in [-0.3, -0.25) is 4.79 Å². The molecule has 156 valence electrons. The lowest BCUT2D eigenvalue weighted by atomic mass is 10.2. The number of H-pyrrole nitrogens is 1. The zero-order chi connectivity index (χ0) is 21.8. The van der Waals surface area contributed by atoms with Crippen LogP contribution in [0.2, 0.25) is 5.02 Å². The van der Waals surface area contributed by atoms with E-state index in [9.17, 15) is 9.59 Å². The van der Waals surface area contributed by atoms with Crippen LogP contribution in [0.5, 0.6) is 0 Å². The van der Waals surface area contributed by atoms with Gasteiger partial charge in [0.25, 0.3) is 5.91 Å². The number of ether oxygens (including phenoxy) is 1. The third-order valence-corrected chi connectivity index (χ3v) is 5.00. The highest BCUT2D eigenvalue weighted by molar-refractivity contribution is 6.30. The van der Waals surface area contributed by atoms with Crippen LogP contribution in [0.4, 0.5) is 5.69 Å². The number of hydrogen-bond acceptors (Lipinski definition) is 4. The molecule has 31 heavy (non-hydrogen) atoms. The fourth-order valence-electron chi connectivity index (χ4n) is 3.18. The summed E-state index contributed by atoms with van der Waals surface area (Å²) in [6, 6.07) is 21.6. The molecule has 0 aliphatic carbocycles. The smallest absolute Gasteiger partial charge is 0.338 e. The van der Waals surface area contributed by atoms with Gasteiger partial charge in [0.1, 0.15) is 5.82 Å². The molecule has 3 aromatic carbocycles. The number of carbonyl (C=O) groups excluding carboxylic acids is 2. The lowest BCUT2D eigenvalue weighted by Crippen LogP contribution is -2.32. The molecule has 2 N–H and O–H groups in total. The normalized spacial score (nSPS) is 11.8. The predicted molar refractivity (Wildman–Crippen MR) is 121 cm³/mol. The van der Waals surface area contributed by atoms with E-state index in [-0.39, 0.29) is 0 Å². The number of aromatic nitrogens is 2. The number of carbonyl (C=O) groups is 2. The Labute approximate surface area is 184 Å². The molecule has 0 fully saturated rings. The van der Waals surface area contributed by atoms with E-state index in [1.165, 1.54) is 0 Å². The summed E-state index contributed by atoms with van der Waals surface area (Å²) in [5.74, 6) is -0.272. The molecular weight excluding hydrogens is 414 g/mol. The van der Waals surface area contributed by atoms with Crippen LogP contribution in [0.3, 0.4) is 0 Å². The molecule has 0 saturated heterocycles. The van der Waals surface area contributed by atoms with Crippen molar-refractivity contribution in [3.05, 3.63) is 83.4 Å². The lowest BCUT2D eigenvalue weighted by Gasteiger charge is -2.16. The number of esters is 1. The van der Waals surface area contributed by atoms with E-state index in [0.717, 1.165) is 11.1 Å². The number of anilines is 1. The number of aromatic amines is 1. The second kappa shape index (κ2) is 9.02. The standard InChI is InChI=1S/C24H20ClN3O3/c1-2-21(23(29)26-18-10-6-9-17(25)14-18)31-24(30)16-11-12-19-20(13-16)28-22(27-19)15-7-4-3-5-8-15/h3-14,21H,2H2,1H3,(H,26,29)(H,27,28). The largest absolute Gasteiger partial charge is 0.449 e. The molecule has 0 bridgehead atoms. The number of benzene rings is 3. The van der Waals surface area contributed by atoms with Crippen molar-refractivity contribution >= 4 is 40.2 Å². The second-order valence-electron chi connectivity index (χ2n) is 6.99. The average molecular weight is 434 g/mol. The first-order chi connectivity index (χ1) is 15.0. The summed E-state index contributed by atoms with van der Waals surface area (Å²) in [7, 11) is 0. The molecule has 6 nitrogen and oxygen atoms in total. The van der Waals surface area contributed by atoms with E-state index in [4.69, 9.17) is 16.3 Å². The Morgan fingerprint density at radius 1 is 1.06 bits per heavy atom. The molecule has 0 spiro atoms. The van der Waals surface area contributed by atoms with Gasteiger partial charge >= 0.3 is 5.97 Å². The molecule has 4 aromatic rings. The van der Waals surface area contributed by atoms with Crippen LogP contribution >= 0.6 is 11.6 Å². The Kier molecular flexibility index (Phi) is 6.00. The van der Waals surface area contributed by atoms with Gasteiger partial charge in [0.05, 0.1) is 16.6 Å². The molecule has 1 atom stereocenters. The number of fused-ring (bicyclic) bond motifs is 1.